The maximum atomic E-state index is 11.5. The molecule has 0 heterocycles. The van der Waals surface area contributed by atoms with Gasteiger partial charge in [-0.1, -0.05) is 25.5 Å². The average Bonchev–Trinajstić information content (AvgIpc) is 3.19. The Balaban J connectivity index is 1.73. The minimum Gasteiger partial charge on any atom is -0.376 e. The summed E-state index contributed by atoms with van der Waals surface area (Å²) in [7, 11) is 0. The summed E-state index contributed by atoms with van der Waals surface area (Å²) in [5.74, 6) is 0.0903. The van der Waals surface area contributed by atoms with Crippen molar-refractivity contribution in [3.63, 3.8) is 0 Å². The minimum absolute atomic E-state index is 0.0903. The molecule has 0 spiro atoms. The molecule has 18 heavy (non-hydrogen) atoms. The quantitative estimate of drug-likeness (QED) is 0.776. The highest BCUT2D eigenvalue weighted by Crippen LogP contribution is 2.18. The van der Waals surface area contributed by atoms with E-state index >= 15 is 0 Å². The second kappa shape index (κ2) is 6.43. The van der Waals surface area contributed by atoms with Gasteiger partial charge in [0, 0.05) is 11.7 Å². The molecule has 1 aromatic carbocycles. The SMILES string of the molecule is CCCCc1ccc(NCC(=O)NC2CC2)cc1. The Kier molecular flexibility index (Phi) is 4.62. The molecule has 0 aromatic heterocycles. The zero-order valence-electron chi connectivity index (χ0n) is 11.0. The van der Waals surface area contributed by atoms with E-state index in [0.29, 0.717) is 12.6 Å². The van der Waals surface area contributed by atoms with Crippen LogP contribution < -0.4 is 10.6 Å². The maximum Gasteiger partial charge on any atom is 0.239 e. The van der Waals surface area contributed by atoms with E-state index in [1.54, 1.807) is 0 Å². The third-order valence-corrected chi connectivity index (χ3v) is 3.17. The first-order valence-electron chi connectivity index (χ1n) is 6.90. The molecule has 2 N–H and O–H groups in total. The molecule has 1 aromatic rings. The number of anilines is 1. The van der Waals surface area contributed by atoms with E-state index in [-0.39, 0.29) is 5.91 Å². The predicted molar refractivity (Wildman–Crippen MR) is 74.7 cm³/mol. The summed E-state index contributed by atoms with van der Waals surface area (Å²) in [5.41, 5.74) is 2.38. The lowest BCUT2D eigenvalue weighted by Gasteiger charge is -2.07. The molecular formula is C15H22N2O. The topological polar surface area (TPSA) is 41.1 Å². The number of hydrogen-bond donors (Lipinski definition) is 2. The van der Waals surface area contributed by atoms with Crippen molar-refractivity contribution in [3.05, 3.63) is 29.8 Å². The van der Waals surface area contributed by atoms with Crippen molar-refractivity contribution in [2.75, 3.05) is 11.9 Å². The molecule has 1 saturated carbocycles. The van der Waals surface area contributed by atoms with Gasteiger partial charge in [-0.05, 0) is 43.4 Å². The zero-order chi connectivity index (χ0) is 12.8. The molecule has 0 aliphatic heterocycles. The molecule has 0 saturated heterocycles. The van der Waals surface area contributed by atoms with Crippen molar-refractivity contribution in [2.45, 2.75) is 45.1 Å². The van der Waals surface area contributed by atoms with Gasteiger partial charge in [0.15, 0.2) is 0 Å². The van der Waals surface area contributed by atoms with Crippen LogP contribution >= 0.6 is 0 Å². The van der Waals surface area contributed by atoms with E-state index in [9.17, 15) is 4.79 Å². The van der Waals surface area contributed by atoms with Gasteiger partial charge in [0.05, 0.1) is 6.54 Å². The molecule has 1 amide bonds. The summed E-state index contributed by atoms with van der Waals surface area (Å²) in [6.45, 7) is 2.57. The summed E-state index contributed by atoms with van der Waals surface area (Å²) in [6.07, 6.45) is 5.87. The van der Waals surface area contributed by atoms with Crippen LogP contribution in [0.4, 0.5) is 5.69 Å². The van der Waals surface area contributed by atoms with Crippen LogP contribution in [0.5, 0.6) is 0 Å². The minimum atomic E-state index is 0.0903. The Hall–Kier alpha value is -1.51. The first kappa shape index (κ1) is 12.9. The van der Waals surface area contributed by atoms with Crippen LogP contribution in [-0.2, 0) is 11.2 Å². The fraction of sp³-hybridized carbons (Fsp3) is 0.533. The van der Waals surface area contributed by atoms with E-state index in [1.165, 1.54) is 18.4 Å². The van der Waals surface area contributed by atoms with Gasteiger partial charge in [-0.3, -0.25) is 4.79 Å². The highest BCUT2D eigenvalue weighted by atomic mass is 16.2. The molecule has 3 heteroatoms. The lowest BCUT2D eigenvalue weighted by molar-refractivity contribution is -0.119. The number of benzene rings is 1. The van der Waals surface area contributed by atoms with Crippen LogP contribution in [0.2, 0.25) is 0 Å². The third-order valence-electron chi connectivity index (χ3n) is 3.17. The number of aryl methyl sites for hydroxylation is 1. The Labute approximate surface area is 109 Å². The van der Waals surface area contributed by atoms with Gasteiger partial charge in [-0.15, -0.1) is 0 Å². The number of unbranched alkanes of at least 4 members (excludes halogenated alkanes) is 1. The van der Waals surface area contributed by atoms with Crippen LogP contribution in [0.25, 0.3) is 0 Å². The van der Waals surface area contributed by atoms with Crippen molar-refractivity contribution in [1.29, 1.82) is 0 Å². The zero-order valence-corrected chi connectivity index (χ0v) is 11.0. The molecular weight excluding hydrogens is 224 g/mol. The monoisotopic (exact) mass is 246 g/mol. The normalized spacial score (nSPS) is 14.3. The predicted octanol–water partition coefficient (Wildman–Crippen LogP) is 2.72. The highest BCUT2D eigenvalue weighted by molar-refractivity contribution is 5.81. The molecule has 98 valence electrons. The maximum absolute atomic E-state index is 11.5. The molecule has 0 radical (unpaired) electrons. The second-order valence-electron chi connectivity index (χ2n) is 5.00. The molecule has 2 rings (SSSR count). The van der Waals surface area contributed by atoms with Crippen LogP contribution in [0, 0.1) is 0 Å². The molecule has 0 unspecified atom stereocenters. The summed E-state index contributed by atoms with van der Waals surface area (Å²) in [5, 5.41) is 6.11. The van der Waals surface area contributed by atoms with Crippen LogP contribution in [0.15, 0.2) is 24.3 Å². The Bertz CT molecular complexity index is 382. The largest absolute Gasteiger partial charge is 0.376 e. The number of hydrogen-bond acceptors (Lipinski definition) is 2. The van der Waals surface area contributed by atoms with Gasteiger partial charge in [-0.2, -0.15) is 0 Å². The fourth-order valence-electron chi connectivity index (χ4n) is 1.86. The highest BCUT2D eigenvalue weighted by Gasteiger charge is 2.22. The number of nitrogens with one attached hydrogen (secondary N) is 2. The fourth-order valence-corrected chi connectivity index (χ4v) is 1.86. The number of rotatable bonds is 7. The number of amides is 1. The average molecular weight is 246 g/mol. The van der Waals surface area contributed by atoms with Crippen molar-refractivity contribution in [1.82, 2.24) is 5.32 Å². The second-order valence-corrected chi connectivity index (χ2v) is 5.00. The van der Waals surface area contributed by atoms with Crippen LogP contribution in [0.3, 0.4) is 0 Å². The number of carbonyl (C=O) groups is 1. The molecule has 0 atom stereocenters. The van der Waals surface area contributed by atoms with E-state index < -0.39 is 0 Å². The molecule has 1 aliphatic rings. The van der Waals surface area contributed by atoms with Gasteiger partial charge < -0.3 is 10.6 Å². The first-order chi connectivity index (χ1) is 8.78. The van der Waals surface area contributed by atoms with Gasteiger partial charge in [-0.25, -0.2) is 0 Å². The summed E-state index contributed by atoms with van der Waals surface area (Å²) in [4.78, 5) is 11.5. The molecule has 3 nitrogen and oxygen atoms in total. The van der Waals surface area contributed by atoms with Crippen molar-refractivity contribution >= 4 is 11.6 Å². The van der Waals surface area contributed by atoms with Crippen molar-refractivity contribution in [2.24, 2.45) is 0 Å². The van der Waals surface area contributed by atoms with Crippen LogP contribution in [-0.4, -0.2) is 18.5 Å². The molecule has 0 bridgehead atoms. The van der Waals surface area contributed by atoms with E-state index in [4.69, 9.17) is 0 Å². The Morgan fingerprint density at radius 2 is 2.00 bits per heavy atom. The molecule has 1 fully saturated rings. The van der Waals surface area contributed by atoms with E-state index in [1.807, 2.05) is 0 Å². The summed E-state index contributed by atoms with van der Waals surface area (Å²) >= 11 is 0. The van der Waals surface area contributed by atoms with Gasteiger partial charge >= 0.3 is 0 Å². The lowest BCUT2D eigenvalue weighted by atomic mass is 10.1. The van der Waals surface area contributed by atoms with Gasteiger partial charge in [0.25, 0.3) is 0 Å². The number of carbonyl (C=O) groups excluding carboxylic acids is 1. The van der Waals surface area contributed by atoms with Gasteiger partial charge in [0.2, 0.25) is 5.91 Å². The Morgan fingerprint density at radius 1 is 1.28 bits per heavy atom. The third kappa shape index (κ3) is 4.40. The Morgan fingerprint density at radius 3 is 2.61 bits per heavy atom. The first-order valence-corrected chi connectivity index (χ1v) is 6.90. The van der Waals surface area contributed by atoms with Crippen molar-refractivity contribution in [3.8, 4) is 0 Å². The summed E-state index contributed by atoms with van der Waals surface area (Å²) < 4.78 is 0. The summed E-state index contributed by atoms with van der Waals surface area (Å²) in [6, 6.07) is 8.81. The van der Waals surface area contributed by atoms with E-state index in [2.05, 4.69) is 41.8 Å². The van der Waals surface area contributed by atoms with E-state index in [0.717, 1.165) is 24.9 Å². The van der Waals surface area contributed by atoms with Crippen LogP contribution in [0.1, 0.15) is 38.2 Å². The molecule has 1 aliphatic carbocycles. The van der Waals surface area contributed by atoms with Gasteiger partial charge in [0.1, 0.15) is 0 Å². The standard InChI is InChI=1S/C15H22N2O/c1-2-3-4-12-5-7-13(8-6-12)16-11-15(18)17-14-9-10-14/h5-8,14,16H,2-4,9-11H2,1H3,(H,17,18). The lowest BCUT2D eigenvalue weighted by Crippen LogP contribution is -2.31. The van der Waals surface area contributed by atoms with Crippen molar-refractivity contribution < 1.29 is 4.79 Å². The smallest absolute Gasteiger partial charge is 0.239 e.